The Morgan fingerprint density at radius 3 is 2.41 bits per heavy atom. The SMILES string of the molecule is O=C(N[C@H](c1ccc(S(=O)(=O)CC2CC2)cc1)C1C[C@@H](O)CN1)c1cccc(C(F)(F)F)c1Cl. The summed E-state index contributed by atoms with van der Waals surface area (Å²) in [4.78, 5) is 13.1. The van der Waals surface area contributed by atoms with Gasteiger partial charge >= 0.3 is 6.18 Å². The number of alkyl halides is 3. The molecule has 1 amide bonds. The van der Waals surface area contributed by atoms with E-state index in [0.717, 1.165) is 25.0 Å². The molecule has 0 aromatic heterocycles. The predicted molar refractivity (Wildman–Crippen MR) is 120 cm³/mol. The number of carbonyl (C=O) groups is 1. The van der Waals surface area contributed by atoms with E-state index in [9.17, 15) is 31.5 Å². The highest BCUT2D eigenvalue weighted by molar-refractivity contribution is 7.91. The van der Waals surface area contributed by atoms with Gasteiger partial charge in [-0.15, -0.1) is 0 Å². The molecule has 2 aliphatic rings. The van der Waals surface area contributed by atoms with Gasteiger partial charge in [-0.2, -0.15) is 13.2 Å². The maximum Gasteiger partial charge on any atom is 0.417 e. The fourth-order valence-corrected chi connectivity index (χ4v) is 6.15. The summed E-state index contributed by atoms with van der Waals surface area (Å²) in [6.45, 7) is 0.287. The van der Waals surface area contributed by atoms with Crippen molar-refractivity contribution in [1.29, 1.82) is 0 Å². The summed E-state index contributed by atoms with van der Waals surface area (Å²) >= 11 is 5.91. The van der Waals surface area contributed by atoms with E-state index in [4.69, 9.17) is 11.6 Å². The molecule has 2 aromatic rings. The third-order valence-electron chi connectivity index (χ3n) is 6.13. The molecule has 0 spiro atoms. The number of carbonyl (C=O) groups excluding carboxylic acids is 1. The maximum atomic E-state index is 13.2. The van der Waals surface area contributed by atoms with E-state index in [1.165, 1.54) is 18.2 Å². The first-order valence-corrected chi connectivity index (χ1v) is 12.9. The molecule has 4 rings (SSSR count). The van der Waals surface area contributed by atoms with E-state index in [1.807, 2.05) is 0 Å². The minimum Gasteiger partial charge on any atom is -0.392 e. The molecule has 1 heterocycles. The Bertz CT molecular complexity index is 1170. The van der Waals surface area contributed by atoms with E-state index in [0.29, 0.717) is 12.0 Å². The standard InChI is InChI=1S/C23H24ClF3N2O4S/c24-20-17(2-1-3-18(20)23(25,26)27)22(31)29-21(19-10-15(30)11-28-19)14-6-8-16(9-7-14)34(32,33)12-13-4-5-13/h1-3,6-9,13,15,19,21,28,30H,4-5,10-12H2,(H,29,31)/t15-,19?,21-/m1/s1. The lowest BCUT2D eigenvalue weighted by Crippen LogP contribution is -2.41. The number of aliphatic hydroxyl groups excluding tert-OH is 1. The van der Waals surface area contributed by atoms with Crippen molar-refractivity contribution < 1.29 is 31.5 Å². The van der Waals surface area contributed by atoms with Crippen molar-refractivity contribution in [2.45, 2.75) is 48.5 Å². The first-order chi connectivity index (χ1) is 16.0. The van der Waals surface area contributed by atoms with Gasteiger partial charge in [-0.3, -0.25) is 4.79 Å². The highest BCUT2D eigenvalue weighted by atomic mass is 35.5. The Morgan fingerprint density at radius 2 is 1.85 bits per heavy atom. The van der Waals surface area contributed by atoms with Crippen LogP contribution in [0.15, 0.2) is 47.4 Å². The van der Waals surface area contributed by atoms with Gasteiger partial charge < -0.3 is 15.7 Å². The molecule has 184 valence electrons. The lowest BCUT2D eigenvalue weighted by atomic mass is 9.97. The van der Waals surface area contributed by atoms with E-state index < -0.39 is 50.7 Å². The van der Waals surface area contributed by atoms with Crippen molar-refractivity contribution in [1.82, 2.24) is 10.6 Å². The van der Waals surface area contributed by atoms with Crippen LogP contribution in [0.25, 0.3) is 0 Å². The van der Waals surface area contributed by atoms with Gasteiger partial charge in [0, 0.05) is 12.6 Å². The van der Waals surface area contributed by atoms with Gasteiger partial charge in [0.25, 0.3) is 5.91 Å². The Hall–Kier alpha value is -2.14. The van der Waals surface area contributed by atoms with Crippen LogP contribution in [0.4, 0.5) is 13.2 Å². The minimum absolute atomic E-state index is 0.0942. The summed E-state index contributed by atoms with van der Waals surface area (Å²) in [5, 5.41) is 15.1. The van der Waals surface area contributed by atoms with Crippen LogP contribution in [0, 0.1) is 5.92 Å². The molecule has 1 unspecified atom stereocenters. The molecule has 2 fully saturated rings. The Labute approximate surface area is 200 Å². The van der Waals surface area contributed by atoms with Crippen molar-refractivity contribution in [3.05, 3.63) is 64.2 Å². The summed E-state index contributed by atoms with van der Waals surface area (Å²) in [5.74, 6) is -0.524. The Kier molecular flexibility index (Phi) is 6.97. The normalized spacial score (nSPS) is 21.9. The smallest absolute Gasteiger partial charge is 0.392 e. The number of nitrogens with one attached hydrogen (secondary N) is 2. The van der Waals surface area contributed by atoms with Crippen LogP contribution in [0.5, 0.6) is 0 Å². The Balaban J connectivity index is 1.61. The molecule has 1 saturated carbocycles. The number of rotatable bonds is 7. The number of aliphatic hydroxyl groups is 1. The lowest BCUT2D eigenvalue weighted by molar-refractivity contribution is -0.137. The van der Waals surface area contributed by atoms with Crippen molar-refractivity contribution >= 4 is 27.3 Å². The quantitative estimate of drug-likeness (QED) is 0.521. The molecular formula is C23H24ClF3N2O4S. The summed E-state index contributed by atoms with van der Waals surface area (Å²) in [6.07, 6.45) is -3.27. The van der Waals surface area contributed by atoms with Gasteiger partial charge in [0.1, 0.15) is 0 Å². The molecule has 0 radical (unpaired) electrons. The first kappa shape index (κ1) is 25.0. The number of amides is 1. The predicted octanol–water partition coefficient (Wildman–Crippen LogP) is 3.74. The zero-order chi connectivity index (χ0) is 24.7. The van der Waals surface area contributed by atoms with Crippen molar-refractivity contribution in [3.63, 3.8) is 0 Å². The number of β-amino-alcohol motifs (C(OH)–C–C–N with tert-alkyl or cyclic N) is 1. The highest BCUT2D eigenvalue weighted by Crippen LogP contribution is 2.37. The molecule has 3 N–H and O–H groups in total. The summed E-state index contributed by atoms with van der Waals surface area (Å²) < 4.78 is 64.8. The topological polar surface area (TPSA) is 95.5 Å². The van der Waals surface area contributed by atoms with Gasteiger partial charge in [-0.25, -0.2) is 8.42 Å². The molecule has 0 bridgehead atoms. The molecule has 1 aliphatic heterocycles. The van der Waals surface area contributed by atoms with Crippen molar-refractivity contribution in [2.24, 2.45) is 5.92 Å². The van der Waals surface area contributed by atoms with Crippen LogP contribution in [0.3, 0.4) is 0 Å². The van der Waals surface area contributed by atoms with Gasteiger partial charge in [0.05, 0.1) is 38.9 Å². The largest absolute Gasteiger partial charge is 0.417 e. The maximum absolute atomic E-state index is 13.2. The fraction of sp³-hybridized carbons (Fsp3) is 0.435. The summed E-state index contributed by atoms with van der Waals surface area (Å²) in [6, 6.07) is 8.03. The summed E-state index contributed by atoms with van der Waals surface area (Å²) in [7, 11) is -3.42. The third-order valence-corrected chi connectivity index (χ3v) is 8.44. The average molecular weight is 517 g/mol. The van der Waals surface area contributed by atoms with Crippen molar-refractivity contribution in [3.8, 4) is 0 Å². The zero-order valence-corrected chi connectivity index (χ0v) is 19.6. The number of hydrogen-bond acceptors (Lipinski definition) is 5. The van der Waals surface area contributed by atoms with E-state index in [1.54, 1.807) is 12.1 Å². The van der Waals surface area contributed by atoms with Gasteiger partial charge in [-0.1, -0.05) is 29.8 Å². The van der Waals surface area contributed by atoms with Crippen LogP contribution in [-0.4, -0.2) is 43.9 Å². The molecule has 2 aromatic carbocycles. The second-order valence-electron chi connectivity index (χ2n) is 8.81. The van der Waals surface area contributed by atoms with Crippen molar-refractivity contribution in [2.75, 3.05) is 12.3 Å². The molecule has 3 atom stereocenters. The van der Waals surface area contributed by atoms with Crippen LogP contribution in [-0.2, 0) is 16.0 Å². The van der Waals surface area contributed by atoms with E-state index in [2.05, 4.69) is 10.6 Å². The monoisotopic (exact) mass is 516 g/mol. The minimum atomic E-state index is -4.72. The number of hydrogen-bond donors (Lipinski definition) is 3. The number of benzene rings is 2. The first-order valence-electron chi connectivity index (χ1n) is 10.9. The number of halogens is 4. The zero-order valence-electron chi connectivity index (χ0n) is 18.0. The molecule has 11 heteroatoms. The Morgan fingerprint density at radius 1 is 1.18 bits per heavy atom. The van der Waals surface area contributed by atoms with E-state index >= 15 is 0 Å². The number of sulfone groups is 1. The van der Waals surface area contributed by atoms with Crippen LogP contribution in [0.1, 0.15) is 46.8 Å². The van der Waals surface area contributed by atoms with Gasteiger partial charge in [0.2, 0.25) is 0 Å². The second-order valence-corrected chi connectivity index (χ2v) is 11.2. The van der Waals surface area contributed by atoms with Crippen LogP contribution < -0.4 is 10.6 Å². The molecule has 1 aliphatic carbocycles. The molecular weight excluding hydrogens is 493 g/mol. The van der Waals surface area contributed by atoms with Crippen LogP contribution >= 0.6 is 11.6 Å². The van der Waals surface area contributed by atoms with Gasteiger partial charge in [-0.05, 0) is 55.0 Å². The van der Waals surface area contributed by atoms with E-state index in [-0.39, 0.29) is 28.7 Å². The molecule has 34 heavy (non-hydrogen) atoms. The fourth-order valence-electron chi connectivity index (χ4n) is 4.14. The molecule has 1 saturated heterocycles. The highest BCUT2D eigenvalue weighted by Gasteiger charge is 2.36. The lowest BCUT2D eigenvalue weighted by Gasteiger charge is -2.26. The summed E-state index contributed by atoms with van der Waals surface area (Å²) in [5.41, 5.74) is -0.893. The van der Waals surface area contributed by atoms with Gasteiger partial charge in [0.15, 0.2) is 9.84 Å². The third kappa shape index (κ3) is 5.56. The van der Waals surface area contributed by atoms with Crippen LogP contribution in [0.2, 0.25) is 5.02 Å². The average Bonchev–Trinajstić information content (AvgIpc) is 3.47. The second kappa shape index (κ2) is 9.49. The molecule has 6 nitrogen and oxygen atoms in total.